The summed E-state index contributed by atoms with van der Waals surface area (Å²) < 4.78 is 17.9. The van der Waals surface area contributed by atoms with Crippen molar-refractivity contribution in [2.75, 3.05) is 32.7 Å². The van der Waals surface area contributed by atoms with Crippen LogP contribution in [-0.4, -0.2) is 47.9 Å². The Labute approximate surface area is 175 Å². The summed E-state index contributed by atoms with van der Waals surface area (Å²) in [6, 6.07) is 11.8. The molecule has 0 saturated carbocycles. The fraction of sp³-hybridized carbons (Fsp3) is 0.364. The van der Waals surface area contributed by atoms with Crippen molar-refractivity contribution in [2.24, 2.45) is 0 Å². The van der Waals surface area contributed by atoms with Crippen molar-refractivity contribution in [1.29, 1.82) is 0 Å². The molecule has 1 amide bonds. The molecule has 8 heteroatoms. The van der Waals surface area contributed by atoms with Gasteiger partial charge >= 0.3 is 6.09 Å². The Morgan fingerprint density at radius 1 is 1.10 bits per heavy atom. The standard InChI is InChI=1S/C22H26N4O4/c1-4-30-22(27)23-16-6-7-18-17(12-16)24-21-14-25(9-10-26(18)21)13-15-5-8-19(28-2)20(11-15)29-3/h5-8,11-12H,4,9-10,13-14H2,1-3H3,(H,23,27). The Balaban J connectivity index is 1.50. The maximum atomic E-state index is 11.7. The number of hydrogen-bond acceptors (Lipinski definition) is 6. The van der Waals surface area contributed by atoms with Gasteiger partial charge in [-0.2, -0.15) is 0 Å². The predicted octanol–water partition coefficient (Wildman–Crippen LogP) is 3.64. The van der Waals surface area contributed by atoms with Crippen molar-refractivity contribution in [1.82, 2.24) is 14.5 Å². The molecule has 3 aromatic rings. The summed E-state index contributed by atoms with van der Waals surface area (Å²) in [6.45, 7) is 5.46. The number of benzene rings is 2. The first-order valence-electron chi connectivity index (χ1n) is 9.97. The number of imidazole rings is 1. The molecule has 4 rings (SSSR count). The van der Waals surface area contributed by atoms with Gasteiger partial charge in [0.2, 0.25) is 0 Å². The maximum absolute atomic E-state index is 11.7. The molecule has 8 nitrogen and oxygen atoms in total. The fourth-order valence-electron chi connectivity index (χ4n) is 3.81. The van der Waals surface area contributed by atoms with Gasteiger partial charge < -0.3 is 18.8 Å². The van der Waals surface area contributed by atoms with Crippen molar-refractivity contribution in [2.45, 2.75) is 26.6 Å². The van der Waals surface area contributed by atoms with Gasteiger partial charge in [0, 0.05) is 25.3 Å². The monoisotopic (exact) mass is 410 g/mol. The highest BCUT2D eigenvalue weighted by atomic mass is 16.5. The van der Waals surface area contributed by atoms with Crippen molar-refractivity contribution in [3.05, 3.63) is 47.8 Å². The van der Waals surface area contributed by atoms with E-state index in [4.69, 9.17) is 19.2 Å². The quantitative estimate of drug-likeness (QED) is 0.669. The number of methoxy groups -OCH3 is 2. The number of amides is 1. The molecule has 0 radical (unpaired) electrons. The summed E-state index contributed by atoms with van der Waals surface area (Å²) in [6.07, 6.45) is -0.457. The fourth-order valence-corrected chi connectivity index (χ4v) is 3.81. The molecular weight excluding hydrogens is 384 g/mol. The maximum Gasteiger partial charge on any atom is 0.411 e. The zero-order valence-corrected chi connectivity index (χ0v) is 17.5. The summed E-state index contributed by atoms with van der Waals surface area (Å²) in [5.74, 6) is 2.49. The molecule has 0 saturated heterocycles. The highest BCUT2D eigenvalue weighted by Gasteiger charge is 2.21. The van der Waals surface area contributed by atoms with Crippen LogP contribution in [0.3, 0.4) is 0 Å². The van der Waals surface area contributed by atoms with Crippen LogP contribution in [0.1, 0.15) is 18.3 Å². The minimum atomic E-state index is -0.457. The first-order valence-corrected chi connectivity index (χ1v) is 9.97. The average molecular weight is 410 g/mol. The zero-order chi connectivity index (χ0) is 21.1. The molecule has 0 aliphatic carbocycles. The van der Waals surface area contributed by atoms with Crippen LogP contribution in [0.15, 0.2) is 36.4 Å². The van der Waals surface area contributed by atoms with Crippen LogP contribution in [0.5, 0.6) is 11.5 Å². The lowest BCUT2D eigenvalue weighted by molar-refractivity contribution is 0.168. The SMILES string of the molecule is CCOC(=O)Nc1ccc2c(c1)nc1n2CCN(Cc2ccc(OC)c(OC)c2)C1. The van der Waals surface area contributed by atoms with Gasteiger partial charge in [-0.25, -0.2) is 9.78 Å². The lowest BCUT2D eigenvalue weighted by Gasteiger charge is -2.28. The van der Waals surface area contributed by atoms with Crippen LogP contribution < -0.4 is 14.8 Å². The number of rotatable bonds is 6. The third-order valence-electron chi connectivity index (χ3n) is 5.21. The van der Waals surface area contributed by atoms with E-state index in [2.05, 4.69) is 20.9 Å². The van der Waals surface area contributed by atoms with E-state index < -0.39 is 6.09 Å². The van der Waals surface area contributed by atoms with E-state index in [-0.39, 0.29) is 0 Å². The van der Waals surface area contributed by atoms with Crippen LogP contribution in [0.2, 0.25) is 0 Å². The number of carbonyl (C=O) groups excluding carboxylic acids is 1. The van der Waals surface area contributed by atoms with Gasteiger partial charge in [0.15, 0.2) is 11.5 Å². The molecule has 0 atom stereocenters. The Morgan fingerprint density at radius 2 is 1.93 bits per heavy atom. The Kier molecular flexibility index (Phi) is 5.76. The molecular formula is C22H26N4O4. The van der Waals surface area contributed by atoms with Gasteiger partial charge in [0.25, 0.3) is 0 Å². The predicted molar refractivity (Wildman–Crippen MR) is 114 cm³/mol. The number of hydrogen-bond donors (Lipinski definition) is 1. The van der Waals surface area contributed by atoms with Gasteiger partial charge in [0.05, 0.1) is 38.4 Å². The topological polar surface area (TPSA) is 77.9 Å². The zero-order valence-electron chi connectivity index (χ0n) is 17.5. The Bertz CT molecular complexity index is 1060. The van der Waals surface area contributed by atoms with Crippen molar-refractivity contribution in [3.63, 3.8) is 0 Å². The molecule has 1 N–H and O–H groups in total. The summed E-state index contributed by atoms with van der Waals surface area (Å²) >= 11 is 0. The Hall–Kier alpha value is -3.26. The second-order valence-corrected chi connectivity index (χ2v) is 7.13. The van der Waals surface area contributed by atoms with Crippen LogP contribution in [0, 0.1) is 0 Å². The molecule has 1 aliphatic heterocycles. The summed E-state index contributed by atoms with van der Waals surface area (Å²) in [7, 11) is 3.29. The number of carbonyl (C=O) groups is 1. The molecule has 1 aromatic heterocycles. The van der Waals surface area contributed by atoms with E-state index in [1.807, 2.05) is 30.3 Å². The lowest BCUT2D eigenvalue weighted by Crippen LogP contribution is -2.33. The van der Waals surface area contributed by atoms with E-state index in [0.29, 0.717) is 12.3 Å². The van der Waals surface area contributed by atoms with Gasteiger partial charge in [-0.05, 0) is 42.8 Å². The number of anilines is 1. The second-order valence-electron chi connectivity index (χ2n) is 7.13. The van der Waals surface area contributed by atoms with Gasteiger partial charge in [-0.3, -0.25) is 10.2 Å². The van der Waals surface area contributed by atoms with E-state index in [9.17, 15) is 4.79 Å². The molecule has 0 unspecified atom stereocenters. The van der Waals surface area contributed by atoms with Crippen LogP contribution >= 0.6 is 0 Å². The van der Waals surface area contributed by atoms with Gasteiger partial charge in [-0.1, -0.05) is 6.07 Å². The van der Waals surface area contributed by atoms with E-state index >= 15 is 0 Å². The summed E-state index contributed by atoms with van der Waals surface area (Å²) in [5, 5.41) is 2.73. The first-order chi connectivity index (χ1) is 14.6. The van der Waals surface area contributed by atoms with Crippen molar-refractivity contribution >= 4 is 22.8 Å². The molecule has 0 fully saturated rings. The summed E-state index contributed by atoms with van der Waals surface area (Å²) in [5.41, 5.74) is 3.79. The minimum Gasteiger partial charge on any atom is -0.493 e. The Morgan fingerprint density at radius 3 is 2.70 bits per heavy atom. The number of aromatic nitrogens is 2. The third-order valence-corrected chi connectivity index (χ3v) is 5.21. The number of nitrogens with zero attached hydrogens (tertiary/aromatic N) is 3. The molecule has 0 spiro atoms. The molecule has 0 bridgehead atoms. The van der Waals surface area contributed by atoms with E-state index in [0.717, 1.165) is 60.1 Å². The first kappa shape index (κ1) is 20.0. The number of nitrogens with one attached hydrogen (secondary N) is 1. The molecule has 2 aromatic carbocycles. The highest BCUT2D eigenvalue weighted by Crippen LogP contribution is 2.29. The minimum absolute atomic E-state index is 0.336. The van der Waals surface area contributed by atoms with Gasteiger partial charge in [-0.15, -0.1) is 0 Å². The second kappa shape index (κ2) is 8.62. The smallest absolute Gasteiger partial charge is 0.411 e. The van der Waals surface area contributed by atoms with Crippen LogP contribution in [0.4, 0.5) is 10.5 Å². The molecule has 2 heterocycles. The highest BCUT2D eigenvalue weighted by molar-refractivity contribution is 5.89. The number of fused-ring (bicyclic) bond motifs is 3. The third kappa shape index (κ3) is 4.04. The molecule has 158 valence electrons. The normalized spacial score (nSPS) is 13.7. The van der Waals surface area contributed by atoms with Crippen LogP contribution in [-0.2, 0) is 24.4 Å². The lowest BCUT2D eigenvalue weighted by atomic mass is 10.1. The molecule has 30 heavy (non-hydrogen) atoms. The average Bonchev–Trinajstić information content (AvgIpc) is 3.10. The van der Waals surface area contributed by atoms with Crippen molar-refractivity contribution in [3.8, 4) is 11.5 Å². The number of ether oxygens (including phenoxy) is 3. The van der Waals surface area contributed by atoms with Gasteiger partial charge in [0.1, 0.15) is 5.82 Å². The van der Waals surface area contributed by atoms with E-state index in [1.165, 1.54) is 0 Å². The van der Waals surface area contributed by atoms with Crippen LogP contribution in [0.25, 0.3) is 11.0 Å². The van der Waals surface area contributed by atoms with E-state index in [1.54, 1.807) is 21.1 Å². The summed E-state index contributed by atoms with van der Waals surface area (Å²) in [4.78, 5) is 18.8. The molecule has 1 aliphatic rings. The largest absolute Gasteiger partial charge is 0.493 e. The van der Waals surface area contributed by atoms with Crippen molar-refractivity contribution < 1.29 is 19.0 Å².